The first-order chi connectivity index (χ1) is 9.70. The third-order valence-electron chi connectivity index (χ3n) is 2.98. The molecule has 20 heavy (non-hydrogen) atoms. The molecule has 0 unspecified atom stereocenters. The van der Waals surface area contributed by atoms with Gasteiger partial charge in [0.1, 0.15) is 10.9 Å². The van der Waals surface area contributed by atoms with Crippen LogP contribution in [0, 0.1) is 0 Å². The summed E-state index contributed by atoms with van der Waals surface area (Å²) in [7, 11) is 1.62. The SMILES string of the molecule is COc1ccccc1-c1nc(Cl)c2cccc(Br)c2n1. The summed E-state index contributed by atoms with van der Waals surface area (Å²) in [6.45, 7) is 0. The Morgan fingerprint density at radius 2 is 1.85 bits per heavy atom. The highest BCUT2D eigenvalue weighted by Crippen LogP contribution is 2.32. The van der Waals surface area contributed by atoms with E-state index in [0.29, 0.717) is 11.0 Å². The molecule has 1 aromatic heterocycles. The molecule has 5 heteroatoms. The van der Waals surface area contributed by atoms with Gasteiger partial charge in [0.15, 0.2) is 5.82 Å². The van der Waals surface area contributed by atoms with E-state index in [1.54, 1.807) is 7.11 Å². The molecule has 3 rings (SSSR count). The Hall–Kier alpha value is -1.65. The fourth-order valence-electron chi connectivity index (χ4n) is 2.03. The largest absolute Gasteiger partial charge is 0.496 e. The van der Waals surface area contributed by atoms with Crippen molar-refractivity contribution in [2.24, 2.45) is 0 Å². The van der Waals surface area contributed by atoms with E-state index in [4.69, 9.17) is 16.3 Å². The standard InChI is InChI=1S/C15H10BrClN2O/c1-20-12-8-3-2-5-9(12)15-18-13-10(14(17)19-15)6-4-7-11(13)16/h2-8H,1H3. The number of aromatic nitrogens is 2. The van der Waals surface area contributed by atoms with Gasteiger partial charge in [-0.2, -0.15) is 0 Å². The summed E-state index contributed by atoms with van der Waals surface area (Å²) < 4.78 is 6.23. The van der Waals surface area contributed by atoms with Crippen LogP contribution in [0.5, 0.6) is 5.75 Å². The molecule has 3 nitrogen and oxygen atoms in total. The highest BCUT2D eigenvalue weighted by molar-refractivity contribution is 9.10. The highest BCUT2D eigenvalue weighted by atomic mass is 79.9. The minimum Gasteiger partial charge on any atom is -0.496 e. The van der Waals surface area contributed by atoms with Crippen LogP contribution in [0.2, 0.25) is 5.15 Å². The molecule has 0 atom stereocenters. The Morgan fingerprint density at radius 1 is 1.05 bits per heavy atom. The zero-order valence-corrected chi connectivity index (χ0v) is 12.9. The molecule has 0 aliphatic heterocycles. The van der Waals surface area contributed by atoms with E-state index in [1.165, 1.54) is 0 Å². The van der Waals surface area contributed by atoms with E-state index in [0.717, 1.165) is 26.7 Å². The fourth-order valence-corrected chi connectivity index (χ4v) is 2.72. The Balaban J connectivity index is 2.30. The summed E-state index contributed by atoms with van der Waals surface area (Å²) in [5.74, 6) is 1.27. The molecule has 0 radical (unpaired) electrons. The van der Waals surface area contributed by atoms with Crippen LogP contribution in [0.1, 0.15) is 0 Å². The molecule has 0 aliphatic rings. The average molecular weight is 350 g/mol. The quantitative estimate of drug-likeness (QED) is 0.628. The first-order valence-electron chi connectivity index (χ1n) is 5.96. The van der Waals surface area contributed by atoms with E-state index in [1.807, 2.05) is 42.5 Å². The van der Waals surface area contributed by atoms with Crippen LogP contribution >= 0.6 is 27.5 Å². The van der Waals surface area contributed by atoms with Gasteiger partial charge in [0, 0.05) is 9.86 Å². The molecule has 1 heterocycles. The van der Waals surface area contributed by atoms with Crippen LogP contribution in [-0.4, -0.2) is 17.1 Å². The van der Waals surface area contributed by atoms with Crippen LogP contribution < -0.4 is 4.74 Å². The summed E-state index contributed by atoms with van der Waals surface area (Å²) in [6, 6.07) is 13.3. The minimum absolute atomic E-state index is 0.428. The van der Waals surface area contributed by atoms with Crippen molar-refractivity contribution in [3.8, 4) is 17.1 Å². The van der Waals surface area contributed by atoms with Crippen molar-refractivity contribution in [1.29, 1.82) is 0 Å². The first-order valence-corrected chi connectivity index (χ1v) is 7.13. The van der Waals surface area contributed by atoms with Gasteiger partial charge >= 0.3 is 0 Å². The number of rotatable bonds is 2. The molecule has 0 spiro atoms. The number of para-hydroxylation sites is 2. The van der Waals surface area contributed by atoms with Gasteiger partial charge in [-0.1, -0.05) is 29.8 Å². The molecule has 2 aromatic carbocycles. The molecule has 3 aromatic rings. The molecule has 0 bridgehead atoms. The van der Waals surface area contributed by atoms with Gasteiger partial charge in [0.05, 0.1) is 18.2 Å². The molecule has 0 saturated heterocycles. The van der Waals surface area contributed by atoms with E-state index in [2.05, 4.69) is 25.9 Å². The van der Waals surface area contributed by atoms with Gasteiger partial charge < -0.3 is 4.74 Å². The predicted octanol–water partition coefficient (Wildman–Crippen LogP) is 4.72. The maximum atomic E-state index is 6.27. The van der Waals surface area contributed by atoms with Gasteiger partial charge in [-0.25, -0.2) is 9.97 Å². The third kappa shape index (κ3) is 2.25. The summed E-state index contributed by atoms with van der Waals surface area (Å²) in [5, 5.41) is 1.25. The Labute approximate surface area is 129 Å². The van der Waals surface area contributed by atoms with Crippen LogP contribution in [0.3, 0.4) is 0 Å². The predicted molar refractivity (Wildman–Crippen MR) is 84.2 cm³/mol. The lowest BCUT2D eigenvalue weighted by atomic mass is 10.1. The van der Waals surface area contributed by atoms with Crippen LogP contribution in [-0.2, 0) is 0 Å². The van der Waals surface area contributed by atoms with Crippen molar-refractivity contribution in [3.05, 3.63) is 52.1 Å². The number of methoxy groups -OCH3 is 1. The number of hydrogen-bond acceptors (Lipinski definition) is 3. The van der Waals surface area contributed by atoms with E-state index in [9.17, 15) is 0 Å². The van der Waals surface area contributed by atoms with Crippen molar-refractivity contribution in [3.63, 3.8) is 0 Å². The van der Waals surface area contributed by atoms with E-state index < -0.39 is 0 Å². The molecular weight excluding hydrogens is 340 g/mol. The van der Waals surface area contributed by atoms with Crippen molar-refractivity contribution in [1.82, 2.24) is 9.97 Å². The van der Waals surface area contributed by atoms with Crippen LogP contribution in [0.4, 0.5) is 0 Å². The van der Waals surface area contributed by atoms with Gasteiger partial charge in [0.2, 0.25) is 0 Å². The fraction of sp³-hybridized carbons (Fsp3) is 0.0667. The van der Waals surface area contributed by atoms with Gasteiger partial charge in [-0.15, -0.1) is 0 Å². The summed E-state index contributed by atoms with van der Waals surface area (Å²) in [5.41, 5.74) is 1.60. The Bertz CT molecular complexity index is 792. The van der Waals surface area contributed by atoms with Crippen molar-refractivity contribution < 1.29 is 4.74 Å². The van der Waals surface area contributed by atoms with Crippen molar-refractivity contribution in [2.75, 3.05) is 7.11 Å². The minimum atomic E-state index is 0.428. The van der Waals surface area contributed by atoms with Gasteiger partial charge in [-0.3, -0.25) is 0 Å². The van der Waals surface area contributed by atoms with E-state index >= 15 is 0 Å². The number of fused-ring (bicyclic) bond motifs is 1. The number of benzene rings is 2. The average Bonchev–Trinajstić information content (AvgIpc) is 2.48. The monoisotopic (exact) mass is 348 g/mol. The molecular formula is C15H10BrClN2O. The molecule has 0 fully saturated rings. The molecule has 0 aliphatic carbocycles. The molecule has 100 valence electrons. The smallest absolute Gasteiger partial charge is 0.165 e. The second kappa shape index (κ2) is 5.38. The molecule has 0 saturated carbocycles. The zero-order chi connectivity index (χ0) is 14.1. The second-order valence-corrected chi connectivity index (χ2v) is 5.39. The normalized spacial score (nSPS) is 10.8. The van der Waals surface area contributed by atoms with Crippen molar-refractivity contribution >= 4 is 38.4 Å². The zero-order valence-electron chi connectivity index (χ0n) is 10.6. The lowest BCUT2D eigenvalue weighted by Gasteiger charge is -2.09. The summed E-state index contributed by atoms with van der Waals surface area (Å²) >= 11 is 9.76. The topological polar surface area (TPSA) is 35.0 Å². The number of ether oxygens (including phenoxy) is 1. The van der Waals surface area contributed by atoms with Gasteiger partial charge in [-0.05, 0) is 40.2 Å². The third-order valence-corrected chi connectivity index (χ3v) is 3.91. The molecule has 0 amide bonds. The second-order valence-electron chi connectivity index (χ2n) is 4.17. The number of hydrogen-bond donors (Lipinski definition) is 0. The molecule has 0 N–H and O–H groups in total. The first kappa shape index (κ1) is 13.3. The van der Waals surface area contributed by atoms with Gasteiger partial charge in [0.25, 0.3) is 0 Å². The number of nitrogens with zero attached hydrogens (tertiary/aromatic N) is 2. The van der Waals surface area contributed by atoms with Crippen LogP contribution in [0.25, 0.3) is 22.3 Å². The van der Waals surface area contributed by atoms with Crippen LogP contribution in [0.15, 0.2) is 46.9 Å². The summed E-state index contributed by atoms with van der Waals surface area (Å²) in [4.78, 5) is 8.97. The lowest BCUT2D eigenvalue weighted by Crippen LogP contribution is -1.95. The van der Waals surface area contributed by atoms with Crippen molar-refractivity contribution in [2.45, 2.75) is 0 Å². The Kier molecular flexibility index (Phi) is 3.59. The number of halogens is 2. The maximum Gasteiger partial charge on any atom is 0.165 e. The maximum absolute atomic E-state index is 6.27. The van der Waals surface area contributed by atoms with E-state index in [-0.39, 0.29) is 0 Å². The summed E-state index contributed by atoms with van der Waals surface area (Å²) in [6.07, 6.45) is 0. The lowest BCUT2D eigenvalue weighted by molar-refractivity contribution is 0.416. The highest BCUT2D eigenvalue weighted by Gasteiger charge is 2.12. The Morgan fingerprint density at radius 3 is 2.65 bits per heavy atom.